The van der Waals surface area contributed by atoms with E-state index in [1.54, 1.807) is 34.6 Å². The zero-order valence-corrected chi connectivity index (χ0v) is 30.4. The fourth-order valence-electron chi connectivity index (χ4n) is 6.99. The van der Waals surface area contributed by atoms with Crippen LogP contribution >= 0.6 is 0 Å². The summed E-state index contributed by atoms with van der Waals surface area (Å²) in [6.45, 7) is 36.9. The zero-order valence-electron chi connectivity index (χ0n) is 30.4. The molecule has 0 spiro atoms. The lowest BCUT2D eigenvalue weighted by Gasteiger charge is -2.62. The lowest BCUT2D eigenvalue weighted by atomic mass is 9.41. The second kappa shape index (κ2) is 13.3. The number of carbonyl (C=O) groups is 2. The maximum atomic E-state index is 14.2. The van der Waals surface area contributed by atoms with Gasteiger partial charge in [-0.3, -0.25) is 9.59 Å². The maximum Gasteiger partial charge on any atom is 0.313 e. The third-order valence-corrected chi connectivity index (χ3v) is 11.1. The summed E-state index contributed by atoms with van der Waals surface area (Å²) in [4.78, 5) is 32.5. The van der Waals surface area contributed by atoms with E-state index in [4.69, 9.17) is 14.3 Å². The van der Waals surface area contributed by atoms with Gasteiger partial charge in [-0.15, -0.1) is 5.16 Å². The molecule has 0 N–H and O–H groups in total. The summed E-state index contributed by atoms with van der Waals surface area (Å²) in [5.41, 5.74) is -2.47. The van der Waals surface area contributed by atoms with Gasteiger partial charge in [0.15, 0.2) is 0 Å². The van der Waals surface area contributed by atoms with Crippen LogP contribution in [0.3, 0.4) is 0 Å². The van der Waals surface area contributed by atoms with Crippen LogP contribution in [0.15, 0.2) is 35.5 Å². The minimum Gasteiger partial charge on any atom is -0.461 e. The number of ether oxygens (including phenoxy) is 2. The van der Waals surface area contributed by atoms with Gasteiger partial charge in [0.1, 0.15) is 17.8 Å². The van der Waals surface area contributed by atoms with E-state index in [0.29, 0.717) is 6.42 Å². The molecule has 6 heteroatoms. The van der Waals surface area contributed by atoms with Crippen LogP contribution in [0.1, 0.15) is 135 Å². The van der Waals surface area contributed by atoms with Gasteiger partial charge in [0.2, 0.25) is 0 Å². The largest absolute Gasteiger partial charge is 0.461 e. The Kier molecular flexibility index (Phi) is 12.0. The Labute approximate surface area is 263 Å². The van der Waals surface area contributed by atoms with Crippen molar-refractivity contribution in [1.82, 2.24) is 0 Å². The molecule has 0 aliphatic carbocycles. The normalized spacial score (nSPS) is 16.5. The number of esters is 2. The van der Waals surface area contributed by atoms with Gasteiger partial charge in [0.05, 0.1) is 11.3 Å². The van der Waals surface area contributed by atoms with E-state index < -0.39 is 33.9 Å². The molecule has 1 aromatic rings. The standard InChI is InChI=1S/C37H63NO5/c1-18-24-37(16,30(40)41-25-32(6,7)42-29(39)26(2)34(10,11)43-38-17)36(14,15)35(12,13)33(8,9)28(31(3,4)5)27-22-20-19-21-23-27/h19-23,26,28H,17-18,24-25H2,1-16H3. The zero-order chi connectivity index (χ0) is 33.9. The van der Waals surface area contributed by atoms with Crippen molar-refractivity contribution in [3.05, 3.63) is 35.9 Å². The topological polar surface area (TPSA) is 74.2 Å². The van der Waals surface area contributed by atoms with Gasteiger partial charge < -0.3 is 14.3 Å². The number of carbonyl (C=O) groups excluding carboxylic acids is 2. The van der Waals surface area contributed by atoms with Gasteiger partial charge in [-0.2, -0.15) is 0 Å². The second-order valence-electron chi connectivity index (χ2n) is 16.6. The van der Waals surface area contributed by atoms with Crippen LogP contribution < -0.4 is 0 Å². The third kappa shape index (κ3) is 8.02. The summed E-state index contributed by atoms with van der Waals surface area (Å²) in [7, 11) is 0. The highest BCUT2D eigenvalue weighted by molar-refractivity contribution is 5.78. The van der Waals surface area contributed by atoms with Crippen molar-refractivity contribution >= 4 is 18.7 Å². The smallest absolute Gasteiger partial charge is 0.313 e. The molecule has 0 heterocycles. The van der Waals surface area contributed by atoms with Crippen molar-refractivity contribution in [1.29, 1.82) is 0 Å². The van der Waals surface area contributed by atoms with Gasteiger partial charge in [0.25, 0.3) is 0 Å². The molecule has 0 aromatic heterocycles. The van der Waals surface area contributed by atoms with E-state index in [1.807, 2.05) is 0 Å². The first-order valence-electron chi connectivity index (χ1n) is 15.9. The molecule has 43 heavy (non-hydrogen) atoms. The molecule has 0 bridgehead atoms. The SMILES string of the molecule is C=NOC(C)(C)C(C)C(=O)OC(C)(C)COC(=O)C(C)(CCC)C(C)(C)C(C)(C)C(C)(C)C(c1ccccc1)C(C)(C)C. The summed E-state index contributed by atoms with van der Waals surface area (Å²) in [6.07, 6.45) is 1.50. The average molecular weight is 602 g/mol. The first-order valence-corrected chi connectivity index (χ1v) is 15.9. The lowest BCUT2D eigenvalue weighted by molar-refractivity contribution is -0.194. The van der Waals surface area contributed by atoms with Gasteiger partial charge in [-0.1, -0.05) is 106 Å². The summed E-state index contributed by atoms with van der Waals surface area (Å²) >= 11 is 0. The van der Waals surface area contributed by atoms with Crippen molar-refractivity contribution in [3.63, 3.8) is 0 Å². The van der Waals surface area contributed by atoms with Crippen molar-refractivity contribution in [3.8, 4) is 0 Å². The number of nitrogens with zero attached hydrogens (tertiary/aromatic N) is 1. The third-order valence-electron chi connectivity index (χ3n) is 11.1. The first kappa shape index (κ1) is 38.7. The molecule has 0 saturated carbocycles. The van der Waals surface area contributed by atoms with Crippen LogP contribution in [0.25, 0.3) is 0 Å². The van der Waals surface area contributed by atoms with Crippen LogP contribution in [0, 0.1) is 33.0 Å². The molecule has 0 aliphatic rings. The number of oxime groups is 1. The van der Waals surface area contributed by atoms with Gasteiger partial charge in [0, 0.05) is 6.72 Å². The van der Waals surface area contributed by atoms with Crippen molar-refractivity contribution in [2.45, 2.75) is 141 Å². The van der Waals surface area contributed by atoms with Crippen LogP contribution in [0.5, 0.6) is 0 Å². The molecule has 0 radical (unpaired) electrons. The number of hydrogen-bond donors (Lipinski definition) is 0. The molecule has 246 valence electrons. The van der Waals surface area contributed by atoms with Crippen molar-refractivity contribution in [2.75, 3.05) is 6.61 Å². The fourth-order valence-corrected chi connectivity index (χ4v) is 6.99. The minimum absolute atomic E-state index is 0.0216. The van der Waals surface area contributed by atoms with Gasteiger partial charge in [-0.05, 0) is 81.1 Å². The Hall–Kier alpha value is -2.37. The Morgan fingerprint density at radius 2 is 1.35 bits per heavy atom. The predicted octanol–water partition coefficient (Wildman–Crippen LogP) is 9.61. The predicted molar refractivity (Wildman–Crippen MR) is 178 cm³/mol. The fraction of sp³-hybridized carbons (Fsp3) is 0.757. The van der Waals surface area contributed by atoms with Gasteiger partial charge >= 0.3 is 11.9 Å². The highest BCUT2D eigenvalue weighted by Crippen LogP contribution is 2.66. The Balaban J connectivity index is 3.41. The molecule has 3 unspecified atom stereocenters. The first-order chi connectivity index (χ1) is 19.3. The highest BCUT2D eigenvalue weighted by Gasteiger charge is 2.62. The van der Waals surface area contributed by atoms with Crippen LogP contribution in [-0.4, -0.2) is 36.5 Å². The molecule has 0 aliphatic heterocycles. The van der Waals surface area contributed by atoms with Gasteiger partial charge in [-0.25, -0.2) is 0 Å². The number of hydrogen-bond acceptors (Lipinski definition) is 6. The summed E-state index contributed by atoms with van der Waals surface area (Å²) in [6, 6.07) is 10.7. The Morgan fingerprint density at radius 1 is 0.837 bits per heavy atom. The summed E-state index contributed by atoms with van der Waals surface area (Å²) in [5, 5.41) is 3.49. The summed E-state index contributed by atoms with van der Waals surface area (Å²) in [5.74, 6) is -1.11. The van der Waals surface area contributed by atoms with E-state index in [0.717, 1.165) is 6.42 Å². The van der Waals surface area contributed by atoms with E-state index in [2.05, 4.69) is 118 Å². The average Bonchev–Trinajstić information content (AvgIpc) is 2.85. The Bertz CT molecular complexity index is 1090. The van der Waals surface area contributed by atoms with Crippen LogP contribution in [-0.2, 0) is 23.9 Å². The molecule has 1 aromatic carbocycles. The van der Waals surface area contributed by atoms with E-state index >= 15 is 0 Å². The monoisotopic (exact) mass is 601 g/mol. The van der Waals surface area contributed by atoms with Crippen molar-refractivity contribution < 1.29 is 23.9 Å². The van der Waals surface area contributed by atoms with E-state index in [-0.39, 0.29) is 34.7 Å². The maximum absolute atomic E-state index is 14.2. The minimum atomic E-state index is -1.03. The molecule has 1 rings (SSSR count). The molecule has 3 atom stereocenters. The quantitative estimate of drug-likeness (QED) is 0.114. The van der Waals surface area contributed by atoms with Crippen molar-refractivity contribution in [2.24, 2.45) is 38.1 Å². The molecule has 0 saturated heterocycles. The molecule has 0 fully saturated rings. The molecule has 6 nitrogen and oxygen atoms in total. The van der Waals surface area contributed by atoms with E-state index in [1.165, 1.54) is 5.56 Å². The summed E-state index contributed by atoms with van der Waals surface area (Å²) < 4.78 is 11.9. The van der Waals surface area contributed by atoms with E-state index in [9.17, 15) is 9.59 Å². The number of benzene rings is 1. The lowest BCUT2D eigenvalue weighted by Crippen LogP contribution is -2.58. The molecule has 0 amide bonds. The Morgan fingerprint density at radius 3 is 1.79 bits per heavy atom. The molecular weight excluding hydrogens is 538 g/mol. The van der Waals surface area contributed by atoms with Crippen LogP contribution in [0.4, 0.5) is 0 Å². The molecular formula is C37H63NO5. The highest BCUT2D eigenvalue weighted by atomic mass is 16.7. The second-order valence-corrected chi connectivity index (χ2v) is 16.6. The van der Waals surface area contributed by atoms with Crippen LogP contribution in [0.2, 0.25) is 0 Å². The number of rotatable bonds is 15.